The van der Waals surface area contributed by atoms with Gasteiger partial charge in [0.25, 0.3) is 0 Å². The molecule has 9 heteroatoms. The van der Waals surface area contributed by atoms with E-state index in [0.29, 0.717) is 6.42 Å². The highest BCUT2D eigenvalue weighted by atomic mass is 31.2. The maximum atomic E-state index is 12.4. The monoisotopic (exact) mass is 691 g/mol. The maximum Gasteiger partial charge on any atom is 0.472 e. The largest absolute Gasteiger partial charge is 0.472 e. The van der Waals surface area contributed by atoms with Gasteiger partial charge in [-0.2, -0.15) is 0 Å². The first-order valence-corrected chi connectivity index (χ1v) is 21.2. The van der Waals surface area contributed by atoms with Gasteiger partial charge in [-0.05, 0) is 12.8 Å². The Morgan fingerprint density at radius 2 is 0.830 bits per heavy atom. The van der Waals surface area contributed by atoms with Gasteiger partial charge in [0.05, 0.1) is 6.61 Å². The molecule has 0 bridgehead atoms. The predicted molar refractivity (Wildman–Crippen MR) is 193 cm³/mol. The summed E-state index contributed by atoms with van der Waals surface area (Å²) in [6, 6.07) is 0. The van der Waals surface area contributed by atoms with Gasteiger partial charge in [-0.1, -0.05) is 181 Å². The van der Waals surface area contributed by atoms with Gasteiger partial charge in [0.2, 0.25) is 0 Å². The number of hydrogen-bond acceptors (Lipinski definition) is 7. The molecule has 0 spiro atoms. The van der Waals surface area contributed by atoms with Crippen LogP contribution >= 0.6 is 7.82 Å². The number of carbonyl (C=O) groups excluding carboxylic acids is 2. The van der Waals surface area contributed by atoms with Crippen LogP contribution in [0.3, 0.4) is 0 Å². The quantitative estimate of drug-likeness (QED) is 0.0390. The molecule has 2 atom stereocenters. The Hall–Kier alpha value is -0.950. The van der Waals surface area contributed by atoms with Gasteiger partial charge in [0.15, 0.2) is 6.10 Å². The third kappa shape index (κ3) is 34.7. The predicted octanol–water partition coefficient (Wildman–Crippen LogP) is 11.9. The van der Waals surface area contributed by atoms with E-state index in [1.807, 2.05) is 0 Å². The number of hydrogen-bond donors (Lipinski definition) is 1. The Morgan fingerprint density at radius 3 is 1.17 bits per heavy atom. The Labute approximate surface area is 289 Å². The highest BCUT2D eigenvalue weighted by Gasteiger charge is 2.24. The number of carbonyl (C=O) groups is 2. The minimum atomic E-state index is -4.25. The number of unbranched alkanes of at least 4 members (excludes halogenated alkanes) is 26. The fraction of sp³-hybridized carbons (Fsp3) is 0.947. The van der Waals surface area contributed by atoms with Crippen LogP contribution in [0.2, 0.25) is 0 Å². The van der Waals surface area contributed by atoms with Crippen molar-refractivity contribution in [3.63, 3.8) is 0 Å². The summed E-state index contributed by atoms with van der Waals surface area (Å²) in [7, 11) is -3.18. The van der Waals surface area contributed by atoms with Crippen LogP contribution in [0.5, 0.6) is 0 Å². The van der Waals surface area contributed by atoms with Gasteiger partial charge in [-0.3, -0.25) is 18.6 Å². The maximum absolute atomic E-state index is 12.4. The molecule has 0 rings (SSSR count). The highest BCUT2D eigenvalue weighted by Crippen LogP contribution is 2.42. The third-order valence-corrected chi connectivity index (χ3v) is 9.79. The van der Waals surface area contributed by atoms with Crippen LogP contribution in [0.15, 0.2) is 0 Å². The van der Waals surface area contributed by atoms with Crippen molar-refractivity contribution < 1.29 is 37.6 Å². The molecule has 0 aromatic rings. The lowest BCUT2D eigenvalue weighted by Gasteiger charge is -2.19. The Morgan fingerprint density at radius 1 is 0.511 bits per heavy atom. The molecule has 2 unspecified atom stereocenters. The zero-order valence-electron chi connectivity index (χ0n) is 31.0. The van der Waals surface area contributed by atoms with Crippen molar-refractivity contribution in [2.45, 2.75) is 213 Å². The number of esters is 2. The number of ether oxygens (including phenoxy) is 2. The molecule has 0 aliphatic carbocycles. The summed E-state index contributed by atoms with van der Waals surface area (Å²) < 4.78 is 31.8. The number of phosphoric ester groups is 1. The highest BCUT2D eigenvalue weighted by molar-refractivity contribution is 7.47. The van der Waals surface area contributed by atoms with E-state index in [1.54, 1.807) is 0 Å². The molecule has 280 valence electrons. The first-order chi connectivity index (χ1) is 22.8. The van der Waals surface area contributed by atoms with E-state index < -0.39 is 26.5 Å². The van der Waals surface area contributed by atoms with Gasteiger partial charge in [0, 0.05) is 20.0 Å². The fourth-order valence-corrected chi connectivity index (χ4v) is 6.24. The fourth-order valence-electron chi connectivity index (χ4n) is 5.78. The minimum absolute atomic E-state index is 0.217. The van der Waals surface area contributed by atoms with Crippen molar-refractivity contribution in [1.29, 1.82) is 0 Å². The molecule has 0 saturated heterocycles. The molecule has 0 fully saturated rings. The molecule has 0 amide bonds. The Bertz CT molecular complexity index is 747. The summed E-state index contributed by atoms with van der Waals surface area (Å²) in [5.41, 5.74) is 0. The summed E-state index contributed by atoms with van der Waals surface area (Å²) in [6.07, 6.45) is 34.5. The topological polar surface area (TPSA) is 108 Å². The molecule has 47 heavy (non-hydrogen) atoms. The SMILES string of the molecule is CCCCCCCCCCCCCCCCCCCCCC(=O)OC(COC(=O)CCCCCCCCCCC)COP(=O)(O)OC. The van der Waals surface area contributed by atoms with Crippen molar-refractivity contribution in [1.82, 2.24) is 0 Å². The molecule has 0 aromatic carbocycles. The van der Waals surface area contributed by atoms with Crippen LogP contribution in [-0.4, -0.2) is 43.3 Å². The summed E-state index contributed by atoms with van der Waals surface area (Å²) in [4.78, 5) is 34.2. The number of phosphoric acid groups is 1. The molecular weight excluding hydrogens is 615 g/mol. The van der Waals surface area contributed by atoms with Crippen molar-refractivity contribution in [2.75, 3.05) is 20.3 Å². The molecule has 0 radical (unpaired) electrons. The van der Waals surface area contributed by atoms with E-state index in [0.717, 1.165) is 45.6 Å². The summed E-state index contributed by atoms with van der Waals surface area (Å²) >= 11 is 0. The van der Waals surface area contributed by atoms with Crippen LogP contribution in [-0.2, 0) is 32.7 Å². The molecule has 0 aliphatic heterocycles. The second-order valence-electron chi connectivity index (χ2n) is 13.4. The normalized spacial score (nSPS) is 13.4. The summed E-state index contributed by atoms with van der Waals surface area (Å²) in [6.45, 7) is 3.88. The molecular formula is C38H75O8P. The molecule has 0 aromatic heterocycles. The first-order valence-electron chi connectivity index (χ1n) is 19.7. The third-order valence-electron chi connectivity index (χ3n) is 8.85. The van der Waals surface area contributed by atoms with E-state index in [4.69, 9.17) is 14.0 Å². The van der Waals surface area contributed by atoms with E-state index in [9.17, 15) is 19.0 Å². The smallest absolute Gasteiger partial charge is 0.462 e. The van der Waals surface area contributed by atoms with E-state index in [1.165, 1.54) is 141 Å². The van der Waals surface area contributed by atoms with Crippen molar-refractivity contribution in [3.05, 3.63) is 0 Å². The van der Waals surface area contributed by atoms with Crippen molar-refractivity contribution >= 4 is 19.8 Å². The number of rotatable bonds is 37. The van der Waals surface area contributed by atoms with Gasteiger partial charge in [-0.15, -0.1) is 0 Å². The van der Waals surface area contributed by atoms with Gasteiger partial charge in [-0.25, -0.2) is 4.57 Å². The van der Waals surface area contributed by atoms with Crippen LogP contribution < -0.4 is 0 Å². The lowest BCUT2D eigenvalue weighted by Crippen LogP contribution is -2.29. The van der Waals surface area contributed by atoms with E-state index >= 15 is 0 Å². The van der Waals surface area contributed by atoms with Crippen LogP contribution in [0.25, 0.3) is 0 Å². The van der Waals surface area contributed by atoms with Gasteiger partial charge in [0.1, 0.15) is 6.61 Å². The molecule has 0 saturated carbocycles. The summed E-state index contributed by atoms with van der Waals surface area (Å²) in [5, 5.41) is 0. The second-order valence-corrected chi connectivity index (χ2v) is 15.0. The van der Waals surface area contributed by atoms with E-state index in [-0.39, 0.29) is 19.0 Å². The van der Waals surface area contributed by atoms with Crippen LogP contribution in [0.4, 0.5) is 0 Å². The second kappa shape index (κ2) is 34.9. The van der Waals surface area contributed by atoms with Crippen molar-refractivity contribution in [2.24, 2.45) is 0 Å². The van der Waals surface area contributed by atoms with Gasteiger partial charge >= 0.3 is 19.8 Å². The molecule has 0 aliphatic rings. The van der Waals surface area contributed by atoms with E-state index in [2.05, 4.69) is 18.4 Å². The average molecular weight is 691 g/mol. The lowest BCUT2D eigenvalue weighted by atomic mass is 10.0. The molecule has 0 heterocycles. The van der Waals surface area contributed by atoms with Crippen LogP contribution in [0, 0.1) is 0 Å². The summed E-state index contributed by atoms with van der Waals surface area (Å²) in [5.74, 6) is -0.794. The van der Waals surface area contributed by atoms with Gasteiger partial charge < -0.3 is 14.4 Å². The Kier molecular flexibility index (Phi) is 34.2. The zero-order chi connectivity index (χ0) is 34.7. The zero-order valence-corrected chi connectivity index (χ0v) is 31.9. The van der Waals surface area contributed by atoms with Crippen LogP contribution in [0.1, 0.15) is 206 Å². The standard InChI is InChI=1S/C38H75O8P/c1-4-6-8-10-12-14-15-16-17-18-19-20-21-22-23-25-27-29-31-33-38(40)46-36(35-45-47(41,42)43-3)34-44-37(39)32-30-28-26-24-13-11-9-7-5-2/h36H,4-35H2,1-3H3,(H,41,42). The average Bonchev–Trinajstić information content (AvgIpc) is 3.06. The molecule has 8 nitrogen and oxygen atoms in total. The first kappa shape index (κ1) is 46.0. The van der Waals surface area contributed by atoms with Crippen molar-refractivity contribution in [3.8, 4) is 0 Å². The Balaban J connectivity index is 3.92. The lowest BCUT2D eigenvalue weighted by molar-refractivity contribution is -0.161. The molecule has 1 N–H and O–H groups in total. The minimum Gasteiger partial charge on any atom is -0.462 e.